The molecule has 0 spiro atoms. The third-order valence-corrected chi connectivity index (χ3v) is 15.5. The first kappa shape index (κ1) is 45.5. The third kappa shape index (κ3) is 8.10. The fourth-order valence-corrected chi connectivity index (χ4v) is 11.7. The highest BCUT2D eigenvalue weighted by molar-refractivity contribution is 6.06. The number of ether oxygens (including phenoxy) is 4. The number of aromatic nitrogens is 1. The van der Waals surface area contributed by atoms with Gasteiger partial charge in [-0.15, -0.1) is 0 Å². The quantitative estimate of drug-likeness (QED) is 0.151. The van der Waals surface area contributed by atoms with Crippen molar-refractivity contribution in [2.75, 3.05) is 27.4 Å². The number of carbonyl (C=O) groups excluding carboxylic acids is 4. The van der Waals surface area contributed by atoms with Gasteiger partial charge in [0, 0.05) is 65.8 Å². The molecule has 364 valence electrons. The van der Waals surface area contributed by atoms with Crippen LogP contribution in [0.25, 0.3) is 33.3 Å². The highest BCUT2D eigenvalue weighted by atomic mass is 16.5. The second-order valence-electron chi connectivity index (χ2n) is 20.5. The normalized spacial score (nSPS) is 23.7. The van der Waals surface area contributed by atoms with E-state index in [-0.39, 0.29) is 41.8 Å². The lowest BCUT2D eigenvalue weighted by Gasteiger charge is -2.33. The second-order valence-corrected chi connectivity index (χ2v) is 20.5. The molecule has 3 fully saturated rings. The number of hydrogen-bond acceptors (Lipinski definition) is 10. The van der Waals surface area contributed by atoms with Crippen molar-refractivity contribution in [3.63, 3.8) is 0 Å². The number of piperidine rings is 1. The van der Waals surface area contributed by atoms with E-state index in [1.807, 2.05) is 49.9 Å². The Labute approximate surface area is 408 Å². The molecule has 0 radical (unpaired) electrons. The van der Waals surface area contributed by atoms with E-state index in [1.54, 1.807) is 0 Å². The Bertz CT molecular complexity index is 2950. The maximum atomic E-state index is 14.1. The Balaban J connectivity index is 0.862. The summed E-state index contributed by atoms with van der Waals surface area (Å²) in [6.07, 6.45) is 8.89. The molecule has 7 heterocycles. The number of rotatable bonds is 11. The number of allylic oxidation sites excluding steroid dienone is 2. The molecule has 1 unspecified atom stereocenters. The average Bonchev–Trinajstić information content (AvgIpc) is 4.04. The minimum Gasteiger partial charge on any atom is -0.493 e. The van der Waals surface area contributed by atoms with E-state index in [4.69, 9.17) is 28.9 Å². The van der Waals surface area contributed by atoms with Gasteiger partial charge in [0.05, 0.1) is 44.1 Å². The molecule has 7 atom stereocenters. The zero-order valence-electron chi connectivity index (χ0n) is 40.7. The van der Waals surface area contributed by atoms with Crippen molar-refractivity contribution in [3.8, 4) is 22.8 Å². The molecule has 1 aromatic heterocycles. The van der Waals surface area contributed by atoms with E-state index in [2.05, 4.69) is 75.9 Å². The number of fused-ring (bicyclic) bond motifs is 7. The fourth-order valence-electron chi connectivity index (χ4n) is 11.7. The number of likely N-dealkylation sites (tertiary alicyclic amines) is 2. The van der Waals surface area contributed by atoms with Gasteiger partial charge < -0.3 is 43.9 Å². The minimum atomic E-state index is -0.695. The molecule has 1 saturated carbocycles. The van der Waals surface area contributed by atoms with Crippen LogP contribution in [0.5, 0.6) is 11.5 Å². The predicted molar refractivity (Wildman–Crippen MR) is 267 cm³/mol. The lowest BCUT2D eigenvalue weighted by molar-refractivity contribution is -0.135. The number of carbonyl (C=O) groups is 4. The molecular formula is C55H61N7O8. The van der Waals surface area contributed by atoms with Crippen molar-refractivity contribution in [2.24, 2.45) is 27.7 Å². The molecule has 2 N–H and O–H groups in total. The number of benzene rings is 3. The van der Waals surface area contributed by atoms with Crippen LogP contribution in [0.15, 0.2) is 83.0 Å². The van der Waals surface area contributed by atoms with Gasteiger partial charge in [0.1, 0.15) is 23.6 Å². The van der Waals surface area contributed by atoms with E-state index in [0.29, 0.717) is 31.9 Å². The molecule has 1 aliphatic carbocycles. The number of alkyl carbamates (subject to hydrolysis) is 2. The van der Waals surface area contributed by atoms with Crippen LogP contribution in [-0.4, -0.2) is 107 Å². The van der Waals surface area contributed by atoms with E-state index >= 15 is 0 Å². The molecule has 6 aliphatic heterocycles. The van der Waals surface area contributed by atoms with Crippen molar-refractivity contribution >= 4 is 57.5 Å². The second kappa shape index (κ2) is 18.1. The van der Waals surface area contributed by atoms with Crippen molar-refractivity contribution in [1.29, 1.82) is 0 Å². The summed E-state index contributed by atoms with van der Waals surface area (Å²) in [5, 5.41) is 6.62. The summed E-state index contributed by atoms with van der Waals surface area (Å²) in [5.74, 6) is 1.75. The van der Waals surface area contributed by atoms with Gasteiger partial charge in [-0.1, -0.05) is 39.8 Å². The van der Waals surface area contributed by atoms with Crippen molar-refractivity contribution in [3.05, 3.63) is 95.3 Å². The highest BCUT2D eigenvalue weighted by Gasteiger charge is 2.56. The molecule has 2 saturated heterocycles. The number of nitrogens with zero attached hydrogens (tertiary/aromatic N) is 5. The largest absolute Gasteiger partial charge is 0.493 e. The van der Waals surface area contributed by atoms with E-state index < -0.39 is 30.5 Å². The van der Waals surface area contributed by atoms with Gasteiger partial charge >= 0.3 is 12.2 Å². The molecule has 15 nitrogen and oxygen atoms in total. The summed E-state index contributed by atoms with van der Waals surface area (Å²) >= 11 is 0. The van der Waals surface area contributed by atoms with Crippen molar-refractivity contribution in [2.45, 2.75) is 115 Å². The fraction of sp³-hybridized carbons (Fsp3) is 0.455. The number of aryl methyl sites for hydroxylation is 1. The first-order chi connectivity index (χ1) is 33.9. The van der Waals surface area contributed by atoms with Crippen LogP contribution in [0.1, 0.15) is 101 Å². The van der Waals surface area contributed by atoms with Gasteiger partial charge in [0.25, 0.3) is 0 Å². The number of aliphatic imine (C=N–C) groups is 2. The Morgan fingerprint density at radius 2 is 1.43 bits per heavy atom. The molecule has 3 aromatic carbocycles. The predicted octanol–water partition coefficient (Wildman–Crippen LogP) is 8.69. The lowest BCUT2D eigenvalue weighted by atomic mass is 9.95. The van der Waals surface area contributed by atoms with E-state index in [0.717, 1.165) is 111 Å². The van der Waals surface area contributed by atoms with Crippen LogP contribution < -0.4 is 20.1 Å². The summed E-state index contributed by atoms with van der Waals surface area (Å²) < 4.78 is 25.2. The van der Waals surface area contributed by atoms with Gasteiger partial charge in [-0.2, -0.15) is 0 Å². The summed E-state index contributed by atoms with van der Waals surface area (Å²) in [6.45, 7) is 9.05. The lowest BCUT2D eigenvalue weighted by Crippen LogP contribution is -2.54. The molecule has 7 aliphatic rings. The summed E-state index contributed by atoms with van der Waals surface area (Å²) in [5.41, 5.74) is 11.5. The third-order valence-electron chi connectivity index (χ3n) is 15.5. The molecule has 4 aromatic rings. The van der Waals surface area contributed by atoms with Crippen LogP contribution in [0.2, 0.25) is 0 Å². The van der Waals surface area contributed by atoms with Gasteiger partial charge in [-0.25, -0.2) is 9.59 Å². The minimum absolute atomic E-state index is 0.0718. The first-order valence-corrected chi connectivity index (χ1v) is 24.9. The smallest absolute Gasteiger partial charge is 0.407 e. The van der Waals surface area contributed by atoms with Crippen LogP contribution in [0, 0.1) is 17.8 Å². The number of amides is 4. The van der Waals surface area contributed by atoms with Crippen LogP contribution in [-0.2, 0) is 25.5 Å². The first-order valence-electron chi connectivity index (χ1n) is 24.9. The number of hydrogen-bond donors (Lipinski definition) is 2. The maximum absolute atomic E-state index is 14.1. The Kier molecular flexibility index (Phi) is 11.8. The van der Waals surface area contributed by atoms with Crippen LogP contribution in [0.3, 0.4) is 0 Å². The van der Waals surface area contributed by atoms with Crippen molar-refractivity contribution in [1.82, 2.24) is 25.0 Å². The van der Waals surface area contributed by atoms with Gasteiger partial charge in [-0.3, -0.25) is 19.6 Å². The Morgan fingerprint density at radius 3 is 2.14 bits per heavy atom. The molecule has 0 bridgehead atoms. The van der Waals surface area contributed by atoms with E-state index in [9.17, 15) is 19.2 Å². The zero-order chi connectivity index (χ0) is 48.5. The molecular weight excluding hydrogens is 887 g/mol. The molecule has 70 heavy (non-hydrogen) atoms. The zero-order valence-corrected chi connectivity index (χ0v) is 40.7. The average molecular weight is 948 g/mol. The van der Waals surface area contributed by atoms with Crippen molar-refractivity contribution < 1.29 is 38.1 Å². The van der Waals surface area contributed by atoms with Crippen LogP contribution in [0.4, 0.5) is 9.59 Å². The summed E-state index contributed by atoms with van der Waals surface area (Å²) in [7, 11) is 2.62. The van der Waals surface area contributed by atoms with Gasteiger partial charge in [0.15, 0.2) is 0 Å². The molecule has 4 amide bonds. The molecule has 15 heteroatoms. The number of nitrogens with one attached hydrogen (secondary N) is 2. The monoisotopic (exact) mass is 947 g/mol. The Hall–Kier alpha value is -6.90. The summed E-state index contributed by atoms with van der Waals surface area (Å²) in [4.78, 5) is 66.2. The van der Waals surface area contributed by atoms with E-state index in [1.165, 1.54) is 19.8 Å². The van der Waals surface area contributed by atoms with Crippen LogP contribution >= 0.6 is 0 Å². The molecule has 11 rings (SSSR count). The topological polar surface area (TPSA) is 165 Å². The number of methoxy groups -OCH3 is 2. The maximum Gasteiger partial charge on any atom is 0.407 e. The Morgan fingerprint density at radius 1 is 0.743 bits per heavy atom. The van der Waals surface area contributed by atoms with Gasteiger partial charge in [-0.05, 0) is 133 Å². The summed E-state index contributed by atoms with van der Waals surface area (Å²) in [6, 6.07) is 20.2. The highest BCUT2D eigenvalue weighted by Crippen LogP contribution is 2.51. The standard InChI is InChI=1S/C55H61N7O8/c1-29(2)49(58-54(65)67-5)51(63)60-17-7-10-43(60)40-21-38(28-56-40)32-11-14-39-45-24-35-19-31(12-15-42(35)62(45)53(70-48(39)26-32)34-13-16-47-33(20-34)9-8-18-69-47)37-22-41(57-27-37)46-25-36-23-44(36)61(46)52(64)50(30(3)4)59-55(66)68-6/h11-16,19-20,24,26-30,36,43-44,46,49-50,53H,7-10,17-18,21-23,25H2,1-6H3,(H,58,65)(H,59,66)/t36-,43+,44-,46+,49+,50+,53?/m1/s1. The van der Waals surface area contributed by atoms with Gasteiger partial charge in [0.2, 0.25) is 18.0 Å². The SMILES string of the molecule is COC(=O)N[C@H](C(=O)N1CCC[C@H]1C1=NC=C(c2ccc3c(c2)OC(c2ccc4c(c2)CCCO4)n2c-3cc3cc(C4=CN=C([C@@H]5C[C@H]6C[C@H]6N5C(=O)[C@@H](NC(=O)OC)C(C)C)C4)ccc32)C1)C(C)C.